The van der Waals surface area contributed by atoms with Crippen molar-refractivity contribution in [2.45, 2.75) is 39.0 Å². The molecule has 0 aliphatic carbocycles. The largest absolute Gasteiger partial charge is 0.490 e. The Kier molecular flexibility index (Phi) is 6.71. The molecule has 25 heavy (non-hydrogen) atoms. The van der Waals surface area contributed by atoms with Crippen LogP contribution in [0.5, 0.6) is 11.5 Å². The van der Waals surface area contributed by atoms with Crippen molar-refractivity contribution in [3.63, 3.8) is 0 Å². The lowest BCUT2D eigenvalue weighted by Gasteiger charge is -2.17. The summed E-state index contributed by atoms with van der Waals surface area (Å²) < 4.78 is 17.6. The summed E-state index contributed by atoms with van der Waals surface area (Å²) in [4.78, 5) is 0. The van der Waals surface area contributed by atoms with Crippen molar-refractivity contribution in [2.24, 2.45) is 0 Å². The highest BCUT2D eigenvalue weighted by Gasteiger charge is 2.16. The maximum absolute atomic E-state index is 6.13. The molecule has 1 heterocycles. The predicted octanol–water partition coefficient (Wildman–Crippen LogP) is 3.93. The summed E-state index contributed by atoms with van der Waals surface area (Å²) in [5, 5.41) is 3.49. The lowest BCUT2D eigenvalue weighted by atomic mass is 10.1. The number of ether oxygens (including phenoxy) is 3. The maximum Gasteiger partial charge on any atom is 0.166 e. The summed E-state index contributed by atoms with van der Waals surface area (Å²) in [5.41, 5.74) is 2.26. The lowest BCUT2D eigenvalue weighted by Crippen LogP contribution is -2.26. The highest BCUT2D eigenvalue weighted by Crippen LogP contribution is 2.32. The Morgan fingerprint density at radius 1 is 1.08 bits per heavy atom. The third-order valence-electron chi connectivity index (χ3n) is 4.30. The molecule has 0 amide bonds. The van der Waals surface area contributed by atoms with Gasteiger partial charge in [-0.1, -0.05) is 42.5 Å². The molecule has 1 aliphatic heterocycles. The average molecular weight is 341 g/mol. The van der Waals surface area contributed by atoms with Crippen LogP contribution in [-0.4, -0.2) is 25.9 Å². The molecule has 0 spiro atoms. The number of hydrogen-bond donors (Lipinski definition) is 1. The molecule has 0 saturated carbocycles. The van der Waals surface area contributed by atoms with Crippen LogP contribution in [0, 0.1) is 0 Å². The zero-order valence-electron chi connectivity index (χ0n) is 14.9. The molecule has 0 bridgehead atoms. The molecule has 1 atom stereocenters. The number of para-hydroxylation sites is 1. The second-order valence-electron chi connectivity index (χ2n) is 6.22. The van der Waals surface area contributed by atoms with Crippen LogP contribution in [0.4, 0.5) is 0 Å². The molecule has 4 nitrogen and oxygen atoms in total. The van der Waals surface area contributed by atoms with E-state index in [0.29, 0.717) is 19.3 Å². The molecule has 2 aromatic carbocycles. The van der Waals surface area contributed by atoms with Crippen LogP contribution in [0.1, 0.15) is 30.9 Å². The van der Waals surface area contributed by atoms with Crippen molar-refractivity contribution < 1.29 is 14.2 Å². The van der Waals surface area contributed by atoms with E-state index in [4.69, 9.17) is 14.2 Å². The van der Waals surface area contributed by atoms with Crippen molar-refractivity contribution in [1.29, 1.82) is 0 Å². The van der Waals surface area contributed by atoms with Gasteiger partial charge in [-0.05, 0) is 31.4 Å². The first-order chi connectivity index (χ1) is 12.4. The Bertz CT molecular complexity index is 639. The van der Waals surface area contributed by atoms with Gasteiger partial charge in [0.05, 0.1) is 12.7 Å². The second-order valence-corrected chi connectivity index (χ2v) is 6.22. The Balaban J connectivity index is 1.66. The molecule has 0 aromatic heterocycles. The molecule has 1 fully saturated rings. The van der Waals surface area contributed by atoms with E-state index in [9.17, 15) is 0 Å². The first kappa shape index (κ1) is 17.8. The fraction of sp³-hybridized carbons (Fsp3) is 0.429. The van der Waals surface area contributed by atoms with Gasteiger partial charge < -0.3 is 19.5 Å². The summed E-state index contributed by atoms with van der Waals surface area (Å²) in [5.74, 6) is 1.63. The van der Waals surface area contributed by atoms with Crippen LogP contribution >= 0.6 is 0 Å². The summed E-state index contributed by atoms with van der Waals surface area (Å²) in [6.07, 6.45) is 2.64. The minimum Gasteiger partial charge on any atom is -0.490 e. The van der Waals surface area contributed by atoms with E-state index in [-0.39, 0.29) is 0 Å². The van der Waals surface area contributed by atoms with Crippen molar-refractivity contribution in [2.75, 3.05) is 19.8 Å². The van der Waals surface area contributed by atoms with Crippen molar-refractivity contribution in [3.8, 4) is 11.5 Å². The van der Waals surface area contributed by atoms with Crippen LogP contribution in [0.25, 0.3) is 0 Å². The fourth-order valence-electron chi connectivity index (χ4n) is 3.04. The number of rotatable bonds is 9. The van der Waals surface area contributed by atoms with Gasteiger partial charge >= 0.3 is 0 Å². The molecule has 0 unspecified atom stereocenters. The van der Waals surface area contributed by atoms with Crippen LogP contribution < -0.4 is 14.8 Å². The first-order valence-corrected chi connectivity index (χ1v) is 9.10. The Labute approximate surface area is 150 Å². The van der Waals surface area contributed by atoms with Gasteiger partial charge in [-0.2, -0.15) is 0 Å². The van der Waals surface area contributed by atoms with E-state index in [0.717, 1.165) is 55.2 Å². The molecule has 1 N–H and O–H groups in total. The van der Waals surface area contributed by atoms with Gasteiger partial charge in [-0.3, -0.25) is 0 Å². The normalized spacial score (nSPS) is 16.8. The molecular formula is C21H27NO3. The van der Waals surface area contributed by atoms with Gasteiger partial charge in [0, 0.05) is 25.3 Å². The second kappa shape index (κ2) is 9.44. The Morgan fingerprint density at radius 2 is 1.96 bits per heavy atom. The highest BCUT2D eigenvalue weighted by molar-refractivity contribution is 5.46. The molecule has 1 aliphatic rings. The molecular weight excluding hydrogens is 314 g/mol. The minimum atomic E-state index is 0.337. The molecule has 1 saturated heterocycles. The van der Waals surface area contributed by atoms with E-state index >= 15 is 0 Å². The average Bonchev–Trinajstić information content (AvgIpc) is 3.16. The van der Waals surface area contributed by atoms with Gasteiger partial charge in [0.15, 0.2) is 11.5 Å². The fourth-order valence-corrected chi connectivity index (χ4v) is 3.04. The van der Waals surface area contributed by atoms with Gasteiger partial charge in [-0.15, -0.1) is 0 Å². The first-order valence-electron chi connectivity index (χ1n) is 9.10. The molecule has 0 radical (unpaired) electrons. The third-order valence-corrected chi connectivity index (χ3v) is 4.30. The summed E-state index contributed by atoms with van der Waals surface area (Å²) in [7, 11) is 0. The summed E-state index contributed by atoms with van der Waals surface area (Å²) in [6, 6.07) is 16.3. The number of benzene rings is 2. The Hall–Kier alpha value is -2.04. The third kappa shape index (κ3) is 5.21. The zero-order chi connectivity index (χ0) is 17.3. The van der Waals surface area contributed by atoms with Gasteiger partial charge in [-0.25, -0.2) is 0 Å². The molecule has 3 rings (SSSR count). The van der Waals surface area contributed by atoms with E-state index in [1.165, 1.54) is 0 Å². The van der Waals surface area contributed by atoms with E-state index in [2.05, 4.69) is 23.5 Å². The van der Waals surface area contributed by atoms with Crippen LogP contribution in [0.2, 0.25) is 0 Å². The monoisotopic (exact) mass is 341 g/mol. The number of nitrogens with one attached hydrogen (secondary N) is 1. The van der Waals surface area contributed by atoms with Crippen LogP contribution in [0.3, 0.4) is 0 Å². The van der Waals surface area contributed by atoms with Crippen LogP contribution in [0.15, 0.2) is 48.5 Å². The summed E-state index contributed by atoms with van der Waals surface area (Å²) >= 11 is 0. The van der Waals surface area contributed by atoms with Gasteiger partial charge in [0.1, 0.15) is 6.61 Å². The van der Waals surface area contributed by atoms with E-state index in [1.54, 1.807) is 0 Å². The maximum atomic E-state index is 6.13. The van der Waals surface area contributed by atoms with Crippen molar-refractivity contribution in [1.82, 2.24) is 5.32 Å². The Morgan fingerprint density at radius 3 is 2.72 bits per heavy atom. The molecule has 134 valence electrons. The summed E-state index contributed by atoms with van der Waals surface area (Å²) in [6.45, 7) is 5.64. The van der Waals surface area contributed by atoms with Crippen molar-refractivity contribution >= 4 is 0 Å². The number of hydrogen-bond acceptors (Lipinski definition) is 4. The smallest absolute Gasteiger partial charge is 0.166 e. The molecule has 2 aromatic rings. The van der Waals surface area contributed by atoms with Gasteiger partial charge in [0.2, 0.25) is 0 Å². The zero-order valence-corrected chi connectivity index (χ0v) is 14.9. The topological polar surface area (TPSA) is 39.7 Å². The standard InChI is InChI=1S/C21H27NO3/c1-2-23-20-12-6-10-18(14-22-15-19-11-7-13-24-19)21(20)25-16-17-8-4-3-5-9-17/h3-6,8-10,12,19,22H,2,7,11,13-16H2,1H3/t19-/m0/s1. The van der Waals surface area contributed by atoms with Crippen molar-refractivity contribution in [3.05, 3.63) is 59.7 Å². The highest BCUT2D eigenvalue weighted by atomic mass is 16.5. The quantitative estimate of drug-likeness (QED) is 0.750. The van der Waals surface area contributed by atoms with E-state index in [1.807, 2.05) is 37.3 Å². The minimum absolute atomic E-state index is 0.337. The molecule has 4 heteroatoms. The lowest BCUT2D eigenvalue weighted by molar-refractivity contribution is 0.110. The predicted molar refractivity (Wildman–Crippen MR) is 99.1 cm³/mol. The van der Waals surface area contributed by atoms with Gasteiger partial charge in [0.25, 0.3) is 0 Å². The van der Waals surface area contributed by atoms with E-state index < -0.39 is 0 Å². The van der Waals surface area contributed by atoms with Crippen LogP contribution in [-0.2, 0) is 17.9 Å². The SMILES string of the molecule is CCOc1cccc(CNC[C@@H]2CCCO2)c1OCc1ccccc1.